The second-order valence-electron chi connectivity index (χ2n) is 4.99. The SMILES string of the molecule is CCC(C=O)(CC)CN(C)Cc1ccc(Cl)cc1. The average Bonchev–Trinajstić information content (AvgIpc) is 2.39. The molecule has 0 saturated carbocycles. The molecule has 1 aromatic rings. The van der Waals surface area contributed by atoms with Crippen LogP contribution >= 0.6 is 11.6 Å². The molecular weight excluding hydrogens is 246 g/mol. The van der Waals surface area contributed by atoms with E-state index in [0.29, 0.717) is 0 Å². The van der Waals surface area contributed by atoms with Crippen LogP contribution in [0.5, 0.6) is 0 Å². The molecule has 0 fully saturated rings. The van der Waals surface area contributed by atoms with Crippen molar-refractivity contribution < 1.29 is 4.79 Å². The van der Waals surface area contributed by atoms with Crippen molar-refractivity contribution in [2.24, 2.45) is 5.41 Å². The molecule has 2 nitrogen and oxygen atoms in total. The molecule has 0 unspecified atom stereocenters. The predicted octanol–water partition coefficient (Wildman–Crippen LogP) is 3.78. The molecule has 0 heterocycles. The molecule has 100 valence electrons. The molecule has 0 spiro atoms. The predicted molar refractivity (Wildman–Crippen MR) is 76.9 cm³/mol. The zero-order valence-electron chi connectivity index (χ0n) is 11.4. The molecule has 0 saturated heterocycles. The molecule has 0 aliphatic rings. The first-order valence-electron chi connectivity index (χ1n) is 6.44. The van der Waals surface area contributed by atoms with Gasteiger partial charge in [-0.1, -0.05) is 37.6 Å². The summed E-state index contributed by atoms with van der Waals surface area (Å²) in [5.41, 5.74) is 1.01. The minimum atomic E-state index is -0.207. The van der Waals surface area contributed by atoms with Crippen LogP contribution < -0.4 is 0 Å². The van der Waals surface area contributed by atoms with E-state index in [0.717, 1.165) is 37.2 Å². The quantitative estimate of drug-likeness (QED) is 0.701. The van der Waals surface area contributed by atoms with Gasteiger partial charge < -0.3 is 9.69 Å². The van der Waals surface area contributed by atoms with Crippen LogP contribution in [0.25, 0.3) is 0 Å². The average molecular weight is 268 g/mol. The first-order chi connectivity index (χ1) is 8.55. The second kappa shape index (κ2) is 6.91. The fourth-order valence-corrected chi connectivity index (χ4v) is 2.30. The van der Waals surface area contributed by atoms with Gasteiger partial charge in [0.25, 0.3) is 0 Å². The Morgan fingerprint density at radius 2 is 1.78 bits per heavy atom. The van der Waals surface area contributed by atoms with E-state index >= 15 is 0 Å². The van der Waals surface area contributed by atoms with Gasteiger partial charge in [0.05, 0.1) is 0 Å². The van der Waals surface area contributed by atoms with E-state index < -0.39 is 0 Å². The summed E-state index contributed by atoms with van der Waals surface area (Å²) in [6.07, 6.45) is 2.89. The molecule has 18 heavy (non-hydrogen) atoms. The standard InChI is InChI=1S/C15H22ClNO/c1-4-15(5-2,12-18)11-17(3)10-13-6-8-14(16)9-7-13/h6-9,12H,4-5,10-11H2,1-3H3. The van der Waals surface area contributed by atoms with Gasteiger partial charge in [-0.3, -0.25) is 0 Å². The van der Waals surface area contributed by atoms with Crippen molar-refractivity contribution in [2.75, 3.05) is 13.6 Å². The van der Waals surface area contributed by atoms with Gasteiger partial charge in [0.1, 0.15) is 6.29 Å². The van der Waals surface area contributed by atoms with Crippen molar-refractivity contribution in [1.29, 1.82) is 0 Å². The van der Waals surface area contributed by atoms with Gasteiger partial charge in [-0.2, -0.15) is 0 Å². The maximum Gasteiger partial charge on any atom is 0.127 e. The fourth-order valence-electron chi connectivity index (χ4n) is 2.17. The number of aldehydes is 1. The molecule has 1 rings (SSSR count). The van der Waals surface area contributed by atoms with Crippen LogP contribution in [0, 0.1) is 5.41 Å². The Hall–Kier alpha value is -0.860. The smallest absolute Gasteiger partial charge is 0.127 e. The Morgan fingerprint density at radius 3 is 2.22 bits per heavy atom. The van der Waals surface area contributed by atoms with Crippen LogP contribution in [0.1, 0.15) is 32.3 Å². The molecular formula is C15H22ClNO. The van der Waals surface area contributed by atoms with Crippen LogP contribution in [0.4, 0.5) is 0 Å². The molecule has 0 radical (unpaired) electrons. The Bertz CT molecular complexity index is 371. The summed E-state index contributed by atoms with van der Waals surface area (Å²) in [7, 11) is 2.05. The molecule has 0 amide bonds. The lowest BCUT2D eigenvalue weighted by molar-refractivity contribution is -0.117. The van der Waals surface area contributed by atoms with Gasteiger partial charge in [-0.15, -0.1) is 0 Å². The number of nitrogens with zero attached hydrogens (tertiary/aromatic N) is 1. The third-order valence-corrected chi connectivity index (χ3v) is 3.86. The fraction of sp³-hybridized carbons (Fsp3) is 0.533. The minimum Gasteiger partial charge on any atom is -0.303 e. The Labute approximate surface area is 115 Å². The topological polar surface area (TPSA) is 20.3 Å². The van der Waals surface area contributed by atoms with Crippen molar-refractivity contribution in [3.8, 4) is 0 Å². The maximum absolute atomic E-state index is 11.3. The molecule has 0 bridgehead atoms. The van der Waals surface area contributed by atoms with Crippen LogP contribution in [0.2, 0.25) is 5.02 Å². The van der Waals surface area contributed by atoms with Gasteiger partial charge in [0.2, 0.25) is 0 Å². The Morgan fingerprint density at radius 1 is 1.22 bits per heavy atom. The summed E-state index contributed by atoms with van der Waals surface area (Å²) < 4.78 is 0. The summed E-state index contributed by atoms with van der Waals surface area (Å²) in [5, 5.41) is 0.755. The van der Waals surface area contributed by atoms with E-state index in [1.165, 1.54) is 5.56 Å². The number of benzene rings is 1. The first kappa shape index (κ1) is 15.2. The van der Waals surface area contributed by atoms with E-state index in [-0.39, 0.29) is 5.41 Å². The van der Waals surface area contributed by atoms with Crippen molar-refractivity contribution >= 4 is 17.9 Å². The van der Waals surface area contributed by atoms with E-state index in [9.17, 15) is 4.79 Å². The van der Waals surface area contributed by atoms with E-state index in [1.807, 2.05) is 24.3 Å². The molecule has 0 aliphatic heterocycles. The number of carbonyl (C=O) groups excluding carboxylic acids is 1. The summed E-state index contributed by atoms with van der Waals surface area (Å²) >= 11 is 5.86. The van der Waals surface area contributed by atoms with E-state index in [1.54, 1.807) is 0 Å². The zero-order chi connectivity index (χ0) is 13.6. The second-order valence-corrected chi connectivity index (χ2v) is 5.42. The number of hydrogen-bond acceptors (Lipinski definition) is 2. The zero-order valence-corrected chi connectivity index (χ0v) is 12.2. The summed E-state index contributed by atoms with van der Waals surface area (Å²) in [6, 6.07) is 7.85. The maximum atomic E-state index is 11.3. The highest BCUT2D eigenvalue weighted by molar-refractivity contribution is 6.30. The molecule has 0 atom stereocenters. The van der Waals surface area contributed by atoms with Crippen molar-refractivity contribution in [3.63, 3.8) is 0 Å². The lowest BCUT2D eigenvalue weighted by atomic mass is 9.83. The largest absolute Gasteiger partial charge is 0.303 e. The van der Waals surface area contributed by atoms with Gasteiger partial charge in [-0.05, 0) is 37.6 Å². The monoisotopic (exact) mass is 267 g/mol. The Balaban J connectivity index is 2.62. The first-order valence-corrected chi connectivity index (χ1v) is 6.82. The summed E-state index contributed by atoms with van der Waals surface area (Å²) in [5.74, 6) is 0. The lowest BCUT2D eigenvalue weighted by Gasteiger charge is -2.30. The Kier molecular flexibility index (Phi) is 5.83. The molecule has 1 aromatic carbocycles. The third-order valence-electron chi connectivity index (χ3n) is 3.61. The van der Waals surface area contributed by atoms with Crippen LogP contribution in [-0.2, 0) is 11.3 Å². The highest BCUT2D eigenvalue weighted by Crippen LogP contribution is 2.25. The minimum absolute atomic E-state index is 0.207. The number of hydrogen-bond donors (Lipinski definition) is 0. The number of rotatable bonds is 7. The number of carbonyl (C=O) groups is 1. The van der Waals surface area contributed by atoms with Crippen LogP contribution in [0.15, 0.2) is 24.3 Å². The third kappa shape index (κ3) is 4.11. The van der Waals surface area contributed by atoms with Crippen LogP contribution in [-0.4, -0.2) is 24.8 Å². The van der Waals surface area contributed by atoms with Crippen molar-refractivity contribution in [2.45, 2.75) is 33.2 Å². The molecule has 0 aliphatic carbocycles. The van der Waals surface area contributed by atoms with Gasteiger partial charge >= 0.3 is 0 Å². The lowest BCUT2D eigenvalue weighted by Crippen LogP contribution is -2.35. The summed E-state index contributed by atoms with van der Waals surface area (Å²) in [6.45, 7) is 5.79. The van der Waals surface area contributed by atoms with Crippen molar-refractivity contribution in [1.82, 2.24) is 4.90 Å². The van der Waals surface area contributed by atoms with Gasteiger partial charge in [0.15, 0.2) is 0 Å². The van der Waals surface area contributed by atoms with E-state index in [2.05, 4.69) is 25.8 Å². The normalized spacial score (nSPS) is 11.8. The van der Waals surface area contributed by atoms with Crippen LogP contribution in [0.3, 0.4) is 0 Å². The molecule has 3 heteroatoms. The highest BCUT2D eigenvalue weighted by Gasteiger charge is 2.26. The molecule has 0 aromatic heterocycles. The number of halogens is 1. The summed E-state index contributed by atoms with van der Waals surface area (Å²) in [4.78, 5) is 13.5. The van der Waals surface area contributed by atoms with Gasteiger partial charge in [-0.25, -0.2) is 0 Å². The highest BCUT2D eigenvalue weighted by atomic mass is 35.5. The van der Waals surface area contributed by atoms with E-state index in [4.69, 9.17) is 11.6 Å². The molecule has 0 N–H and O–H groups in total. The van der Waals surface area contributed by atoms with Gasteiger partial charge in [0, 0.05) is 23.5 Å². The van der Waals surface area contributed by atoms with Crippen molar-refractivity contribution in [3.05, 3.63) is 34.9 Å².